The first-order valence-electron chi connectivity index (χ1n) is 5.61. The van der Waals surface area contributed by atoms with Crippen molar-refractivity contribution >= 4 is 34.4 Å². The third-order valence-electron chi connectivity index (χ3n) is 2.82. The molecular formula is C11H15ClN2O2S. The Morgan fingerprint density at radius 2 is 2.53 bits per heavy atom. The summed E-state index contributed by atoms with van der Waals surface area (Å²) in [7, 11) is 1.97. The van der Waals surface area contributed by atoms with E-state index in [4.69, 9.17) is 16.3 Å². The molecule has 2 rings (SSSR count). The molecule has 1 aromatic heterocycles. The van der Waals surface area contributed by atoms with Crippen LogP contribution in [-0.2, 0) is 4.74 Å². The van der Waals surface area contributed by atoms with Crippen LogP contribution in [0.4, 0.5) is 5.13 Å². The zero-order valence-electron chi connectivity index (χ0n) is 9.69. The van der Waals surface area contributed by atoms with Crippen LogP contribution in [0.2, 0.25) is 5.15 Å². The van der Waals surface area contributed by atoms with Crippen LogP contribution in [-0.4, -0.2) is 38.1 Å². The van der Waals surface area contributed by atoms with Crippen LogP contribution < -0.4 is 4.90 Å². The molecule has 0 spiro atoms. The molecule has 0 aliphatic carbocycles. The predicted octanol–water partition coefficient (Wildman–Crippen LogP) is 2.47. The van der Waals surface area contributed by atoms with Crippen molar-refractivity contribution in [3.8, 4) is 0 Å². The summed E-state index contributed by atoms with van der Waals surface area (Å²) < 4.78 is 5.44. The highest BCUT2D eigenvalue weighted by atomic mass is 35.5. The first-order chi connectivity index (χ1) is 8.20. The van der Waals surface area contributed by atoms with Gasteiger partial charge in [-0.05, 0) is 18.8 Å². The van der Waals surface area contributed by atoms with E-state index in [1.165, 1.54) is 17.8 Å². The number of anilines is 1. The molecule has 1 aliphatic heterocycles. The molecule has 4 nitrogen and oxygen atoms in total. The monoisotopic (exact) mass is 274 g/mol. The van der Waals surface area contributed by atoms with Crippen molar-refractivity contribution in [1.29, 1.82) is 0 Å². The number of carbonyl (C=O) groups excluding carboxylic acids is 1. The third-order valence-corrected chi connectivity index (χ3v) is 4.31. The first-order valence-corrected chi connectivity index (χ1v) is 6.80. The molecule has 0 aromatic carbocycles. The number of hydrogen-bond donors (Lipinski definition) is 0. The summed E-state index contributed by atoms with van der Waals surface area (Å²) in [5.41, 5.74) is 0. The smallest absolute Gasteiger partial charge is 0.187 e. The van der Waals surface area contributed by atoms with Crippen LogP contribution in [0.3, 0.4) is 0 Å². The Labute approximate surface area is 110 Å². The molecule has 0 saturated carbocycles. The summed E-state index contributed by atoms with van der Waals surface area (Å²) in [6, 6.07) is 0. The Kier molecular flexibility index (Phi) is 4.36. The number of rotatable bonds is 4. The van der Waals surface area contributed by atoms with Gasteiger partial charge in [0.2, 0.25) is 0 Å². The number of aldehydes is 1. The summed E-state index contributed by atoms with van der Waals surface area (Å²) in [6.07, 6.45) is 3.06. The second-order valence-electron chi connectivity index (χ2n) is 4.23. The van der Waals surface area contributed by atoms with Crippen molar-refractivity contribution in [2.75, 3.05) is 31.7 Å². The molecule has 0 N–H and O–H groups in total. The second kappa shape index (κ2) is 5.80. The minimum absolute atomic E-state index is 0.298. The predicted molar refractivity (Wildman–Crippen MR) is 69.3 cm³/mol. The van der Waals surface area contributed by atoms with E-state index in [0.29, 0.717) is 15.9 Å². The van der Waals surface area contributed by atoms with Gasteiger partial charge < -0.3 is 9.64 Å². The molecule has 17 heavy (non-hydrogen) atoms. The minimum Gasteiger partial charge on any atom is -0.381 e. The average Bonchev–Trinajstić information content (AvgIpc) is 2.72. The van der Waals surface area contributed by atoms with E-state index in [1.807, 2.05) is 11.9 Å². The number of halogens is 1. The lowest BCUT2D eigenvalue weighted by molar-refractivity contribution is 0.0576. The van der Waals surface area contributed by atoms with Gasteiger partial charge in [-0.1, -0.05) is 22.9 Å². The molecular weight excluding hydrogens is 260 g/mol. The van der Waals surface area contributed by atoms with Gasteiger partial charge in [0.1, 0.15) is 4.88 Å². The van der Waals surface area contributed by atoms with Crippen LogP contribution in [0.5, 0.6) is 0 Å². The van der Waals surface area contributed by atoms with Crippen LogP contribution >= 0.6 is 22.9 Å². The molecule has 1 unspecified atom stereocenters. The maximum absolute atomic E-state index is 10.7. The molecule has 0 radical (unpaired) electrons. The van der Waals surface area contributed by atoms with E-state index in [9.17, 15) is 4.79 Å². The fourth-order valence-corrected chi connectivity index (χ4v) is 2.99. The first kappa shape index (κ1) is 12.8. The highest BCUT2D eigenvalue weighted by molar-refractivity contribution is 7.17. The summed E-state index contributed by atoms with van der Waals surface area (Å²) in [4.78, 5) is 17.4. The lowest BCUT2D eigenvalue weighted by atomic mass is 10.0. The number of hydrogen-bond acceptors (Lipinski definition) is 5. The third kappa shape index (κ3) is 3.18. The van der Waals surface area contributed by atoms with E-state index in [-0.39, 0.29) is 0 Å². The molecule has 94 valence electrons. The lowest BCUT2D eigenvalue weighted by Crippen LogP contribution is -2.30. The highest BCUT2D eigenvalue weighted by Crippen LogP contribution is 2.28. The van der Waals surface area contributed by atoms with Gasteiger partial charge >= 0.3 is 0 Å². The number of nitrogens with zero attached hydrogens (tertiary/aromatic N) is 2. The Balaban J connectivity index is 1.98. The molecule has 0 amide bonds. The normalized spacial score (nSPS) is 20.2. The molecule has 1 saturated heterocycles. The SMILES string of the molecule is CN(CC1CCCOC1)c1nc(Cl)c(C=O)s1. The Hall–Kier alpha value is -0.650. The van der Waals surface area contributed by atoms with Crippen LogP contribution in [0.25, 0.3) is 0 Å². The number of aromatic nitrogens is 1. The van der Waals surface area contributed by atoms with E-state index >= 15 is 0 Å². The number of thiazole rings is 1. The van der Waals surface area contributed by atoms with Gasteiger partial charge in [0.25, 0.3) is 0 Å². The molecule has 2 heterocycles. The average molecular weight is 275 g/mol. The molecule has 1 aliphatic rings. The quantitative estimate of drug-likeness (QED) is 0.791. The molecule has 1 aromatic rings. The number of ether oxygens (including phenoxy) is 1. The Bertz CT molecular complexity index is 391. The van der Waals surface area contributed by atoms with Crippen molar-refractivity contribution in [3.63, 3.8) is 0 Å². The Morgan fingerprint density at radius 3 is 3.12 bits per heavy atom. The fourth-order valence-electron chi connectivity index (χ4n) is 1.96. The van der Waals surface area contributed by atoms with Gasteiger partial charge in [-0.15, -0.1) is 0 Å². The molecule has 1 atom stereocenters. The number of carbonyl (C=O) groups is 1. The maximum atomic E-state index is 10.7. The second-order valence-corrected chi connectivity index (χ2v) is 5.60. The molecule has 1 fully saturated rings. The van der Waals surface area contributed by atoms with Crippen molar-refractivity contribution in [1.82, 2.24) is 4.98 Å². The molecule has 0 bridgehead atoms. The topological polar surface area (TPSA) is 42.4 Å². The Morgan fingerprint density at radius 1 is 1.71 bits per heavy atom. The zero-order valence-corrected chi connectivity index (χ0v) is 11.3. The standard InChI is InChI=1S/C11H15ClN2O2S/c1-14(5-8-3-2-4-16-7-8)11-13-10(12)9(6-15)17-11/h6,8H,2-5,7H2,1H3. The summed E-state index contributed by atoms with van der Waals surface area (Å²) >= 11 is 7.18. The largest absolute Gasteiger partial charge is 0.381 e. The minimum atomic E-state index is 0.298. The van der Waals surface area contributed by atoms with Crippen LogP contribution in [0, 0.1) is 5.92 Å². The van der Waals surface area contributed by atoms with Gasteiger partial charge in [-0.3, -0.25) is 4.79 Å². The summed E-state index contributed by atoms with van der Waals surface area (Å²) in [5, 5.41) is 1.09. The van der Waals surface area contributed by atoms with Gasteiger partial charge in [0.15, 0.2) is 16.6 Å². The van der Waals surface area contributed by atoms with Gasteiger partial charge in [-0.25, -0.2) is 4.98 Å². The molecule has 6 heteroatoms. The van der Waals surface area contributed by atoms with E-state index < -0.39 is 0 Å². The summed E-state index contributed by atoms with van der Waals surface area (Å²) in [6.45, 7) is 2.57. The highest BCUT2D eigenvalue weighted by Gasteiger charge is 2.18. The van der Waals surface area contributed by atoms with Crippen molar-refractivity contribution in [3.05, 3.63) is 10.0 Å². The van der Waals surface area contributed by atoms with Crippen molar-refractivity contribution in [2.24, 2.45) is 5.92 Å². The van der Waals surface area contributed by atoms with Gasteiger partial charge in [0.05, 0.1) is 6.61 Å². The lowest BCUT2D eigenvalue weighted by Gasteiger charge is -2.26. The van der Waals surface area contributed by atoms with Crippen molar-refractivity contribution < 1.29 is 9.53 Å². The van der Waals surface area contributed by atoms with E-state index in [2.05, 4.69) is 4.98 Å². The van der Waals surface area contributed by atoms with E-state index in [0.717, 1.165) is 37.6 Å². The fraction of sp³-hybridized carbons (Fsp3) is 0.636. The van der Waals surface area contributed by atoms with Crippen molar-refractivity contribution in [2.45, 2.75) is 12.8 Å². The zero-order chi connectivity index (χ0) is 12.3. The van der Waals surface area contributed by atoms with E-state index in [1.54, 1.807) is 0 Å². The van der Waals surface area contributed by atoms with Crippen LogP contribution in [0.1, 0.15) is 22.5 Å². The van der Waals surface area contributed by atoms with Gasteiger partial charge in [0, 0.05) is 20.2 Å². The summed E-state index contributed by atoms with van der Waals surface area (Å²) in [5.74, 6) is 0.538. The maximum Gasteiger partial charge on any atom is 0.187 e. The van der Waals surface area contributed by atoms with Gasteiger partial charge in [-0.2, -0.15) is 0 Å². The van der Waals surface area contributed by atoms with Crippen LogP contribution in [0.15, 0.2) is 0 Å².